The van der Waals surface area contributed by atoms with E-state index in [0.29, 0.717) is 28.4 Å². The van der Waals surface area contributed by atoms with Crippen LogP contribution in [0, 0.1) is 6.92 Å². The number of nitrogens with one attached hydrogen (secondary N) is 2. The molecule has 0 saturated carbocycles. The van der Waals surface area contributed by atoms with Crippen LogP contribution in [-0.4, -0.2) is 22.0 Å². The Labute approximate surface area is 131 Å². The molecule has 23 heavy (non-hydrogen) atoms. The fraction of sp³-hybridized carbons (Fsp3) is 0.0625. The first kappa shape index (κ1) is 14.6. The second kappa shape index (κ2) is 5.80. The molecule has 2 aromatic heterocycles. The number of aryl methyl sites for hydroxylation is 1. The second-order valence-corrected chi connectivity index (χ2v) is 4.91. The van der Waals surface area contributed by atoms with Gasteiger partial charge in [0.05, 0.1) is 23.1 Å². The molecule has 0 radical (unpaired) electrons. The van der Waals surface area contributed by atoms with E-state index in [1.807, 2.05) is 0 Å². The van der Waals surface area contributed by atoms with Crippen molar-refractivity contribution < 1.29 is 14.0 Å². The Hall–Kier alpha value is -3.35. The second-order valence-electron chi connectivity index (χ2n) is 4.91. The zero-order valence-electron chi connectivity index (χ0n) is 12.3. The molecule has 0 aliphatic carbocycles. The third kappa shape index (κ3) is 2.71. The van der Waals surface area contributed by atoms with Crippen molar-refractivity contribution in [3.63, 3.8) is 0 Å². The minimum Gasteiger partial charge on any atom is -0.463 e. The molecule has 0 aliphatic rings. The van der Waals surface area contributed by atoms with Crippen molar-refractivity contribution in [1.29, 1.82) is 0 Å². The third-order valence-corrected chi connectivity index (χ3v) is 3.37. The molecule has 0 spiro atoms. The molecule has 1 aromatic carbocycles. The maximum absolute atomic E-state index is 12.6. The molecule has 0 atom stereocenters. The molecule has 7 heteroatoms. The normalized spacial score (nSPS) is 10.5. The number of aromatic amines is 1. The molecule has 0 unspecified atom stereocenters. The van der Waals surface area contributed by atoms with E-state index in [4.69, 9.17) is 10.2 Å². The Kier molecular flexibility index (Phi) is 3.68. The van der Waals surface area contributed by atoms with Crippen LogP contribution < -0.4 is 11.1 Å². The van der Waals surface area contributed by atoms with Crippen LogP contribution in [0.3, 0.4) is 0 Å². The molecule has 3 aromatic rings. The number of nitrogens with zero attached hydrogens (tertiary/aromatic N) is 1. The molecule has 4 N–H and O–H groups in total. The summed E-state index contributed by atoms with van der Waals surface area (Å²) in [6.45, 7) is 1.73. The number of benzene rings is 1. The number of anilines is 1. The van der Waals surface area contributed by atoms with Crippen LogP contribution in [0.4, 0.5) is 5.69 Å². The van der Waals surface area contributed by atoms with Crippen molar-refractivity contribution in [2.75, 3.05) is 5.32 Å². The van der Waals surface area contributed by atoms with Crippen molar-refractivity contribution >= 4 is 17.5 Å². The Morgan fingerprint density at radius 1 is 1.22 bits per heavy atom. The lowest BCUT2D eigenvalue weighted by atomic mass is 10.1. The monoisotopic (exact) mass is 310 g/mol. The van der Waals surface area contributed by atoms with Crippen molar-refractivity contribution in [3.05, 3.63) is 59.5 Å². The topological polar surface area (TPSA) is 114 Å². The van der Waals surface area contributed by atoms with Crippen LogP contribution in [0.25, 0.3) is 11.5 Å². The van der Waals surface area contributed by atoms with Crippen LogP contribution in [0.2, 0.25) is 0 Å². The minimum absolute atomic E-state index is 0.238. The summed E-state index contributed by atoms with van der Waals surface area (Å²) in [5.74, 6) is -0.546. The highest BCUT2D eigenvalue weighted by Gasteiger charge is 2.22. The molecule has 7 nitrogen and oxygen atoms in total. The van der Waals surface area contributed by atoms with Crippen molar-refractivity contribution in [3.8, 4) is 11.5 Å². The molecular formula is C16H14N4O3. The van der Waals surface area contributed by atoms with E-state index in [2.05, 4.69) is 15.5 Å². The molecule has 0 saturated heterocycles. The molecule has 2 heterocycles. The highest BCUT2D eigenvalue weighted by atomic mass is 16.3. The number of rotatable bonds is 4. The lowest BCUT2D eigenvalue weighted by molar-refractivity contribution is 0.100. The summed E-state index contributed by atoms with van der Waals surface area (Å²) in [6, 6.07) is 9.96. The summed E-state index contributed by atoms with van der Waals surface area (Å²) in [4.78, 5) is 24.1. The molecule has 116 valence electrons. The number of aromatic nitrogens is 2. The van der Waals surface area contributed by atoms with Crippen LogP contribution in [-0.2, 0) is 0 Å². The van der Waals surface area contributed by atoms with Crippen LogP contribution in [0.1, 0.15) is 26.4 Å². The maximum atomic E-state index is 12.6. The highest BCUT2D eigenvalue weighted by molar-refractivity contribution is 6.11. The molecule has 0 bridgehead atoms. The maximum Gasteiger partial charge on any atom is 0.259 e. The number of carbonyl (C=O) groups is 2. The first-order chi connectivity index (χ1) is 11.1. The van der Waals surface area contributed by atoms with E-state index in [-0.39, 0.29) is 5.56 Å². The summed E-state index contributed by atoms with van der Waals surface area (Å²) in [6.07, 6.45) is 1.50. The summed E-state index contributed by atoms with van der Waals surface area (Å²) in [5.41, 5.74) is 7.24. The third-order valence-electron chi connectivity index (χ3n) is 3.37. The van der Waals surface area contributed by atoms with Gasteiger partial charge in [-0.15, -0.1) is 0 Å². The van der Waals surface area contributed by atoms with E-state index in [9.17, 15) is 9.59 Å². The smallest absolute Gasteiger partial charge is 0.259 e. The largest absolute Gasteiger partial charge is 0.463 e. The molecular weight excluding hydrogens is 296 g/mol. The summed E-state index contributed by atoms with van der Waals surface area (Å²) in [7, 11) is 0. The van der Waals surface area contributed by atoms with Gasteiger partial charge in [-0.2, -0.15) is 5.10 Å². The van der Waals surface area contributed by atoms with Gasteiger partial charge in [0.2, 0.25) is 0 Å². The number of amides is 2. The predicted octanol–water partition coefficient (Wildman–Crippen LogP) is 2.33. The number of primary amides is 1. The van der Waals surface area contributed by atoms with Gasteiger partial charge in [0.25, 0.3) is 11.8 Å². The minimum atomic E-state index is -0.615. The van der Waals surface area contributed by atoms with Gasteiger partial charge in [-0.05, 0) is 31.2 Å². The Bertz CT molecular complexity index is 865. The first-order valence-corrected chi connectivity index (χ1v) is 6.87. The number of hydrogen-bond donors (Lipinski definition) is 3. The number of hydrogen-bond acceptors (Lipinski definition) is 4. The van der Waals surface area contributed by atoms with E-state index in [1.165, 1.54) is 6.26 Å². The Morgan fingerprint density at radius 3 is 2.70 bits per heavy atom. The highest BCUT2D eigenvalue weighted by Crippen LogP contribution is 2.25. The van der Waals surface area contributed by atoms with Crippen molar-refractivity contribution in [1.82, 2.24) is 10.2 Å². The van der Waals surface area contributed by atoms with E-state index in [1.54, 1.807) is 43.3 Å². The number of nitrogens with two attached hydrogens (primary N) is 1. The Balaban J connectivity index is 1.97. The van der Waals surface area contributed by atoms with E-state index >= 15 is 0 Å². The standard InChI is InChI=1S/C16H14N4O3/c1-9-13(14(20-19-9)12-7-4-8-23-12)16(22)18-11-6-3-2-5-10(11)15(17)21/h2-8H,1H3,(H2,17,21)(H,18,22)(H,19,20). The molecule has 3 rings (SSSR count). The summed E-state index contributed by atoms with van der Waals surface area (Å²) >= 11 is 0. The van der Waals surface area contributed by atoms with Gasteiger partial charge >= 0.3 is 0 Å². The van der Waals surface area contributed by atoms with E-state index in [0.717, 1.165) is 0 Å². The average Bonchev–Trinajstić information content (AvgIpc) is 3.16. The van der Waals surface area contributed by atoms with Gasteiger partial charge in [0, 0.05) is 5.69 Å². The zero-order chi connectivity index (χ0) is 16.4. The average molecular weight is 310 g/mol. The number of furan rings is 1. The fourth-order valence-electron chi connectivity index (χ4n) is 2.29. The molecule has 2 amide bonds. The van der Waals surface area contributed by atoms with Crippen LogP contribution >= 0.6 is 0 Å². The zero-order valence-corrected chi connectivity index (χ0v) is 12.3. The summed E-state index contributed by atoms with van der Waals surface area (Å²) in [5, 5.41) is 9.57. The van der Waals surface area contributed by atoms with Gasteiger partial charge in [0.1, 0.15) is 5.69 Å². The van der Waals surface area contributed by atoms with E-state index < -0.39 is 11.8 Å². The fourth-order valence-corrected chi connectivity index (χ4v) is 2.29. The summed E-state index contributed by atoms with van der Waals surface area (Å²) < 4.78 is 5.30. The van der Waals surface area contributed by atoms with Crippen LogP contribution in [0.5, 0.6) is 0 Å². The van der Waals surface area contributed by atoms with Gasteiger partial charge in [-0.1, -0.05) is 12.1 Å². The van der Waals surface area contributed by atoms with Gasteiger partial charge < -0.3 is 15.5 Å². The SMILES string of the molecule is Cc1[nH]nc(-c2ccco2)c1C(=O)Nc1ccccc1C(N)=O. The van der Waals surface area contributed by atoms with Crippen LogP contribution in [0.15, 0.2) is 47.1 Å². The van der Waals surface area contributed by atoms with Gasteiger partial charge in [-0.25, -0.2) is 0 Å². The first-order valence-electron chi connectivity index (χ1n) is 6.87. The van der Waals surface area contributed by atoms with Gasteiger partial charge in [0.15, 0.2) is 5.76 Å². The number of para-hydroxylation sites is 1. The van der Waals surface area contributed by atoms with Gasteiger partial charge in [-0.3, -0.25) is 14.7 Å². The number of H-pyrrole nitrogens is 1. The van der Waals surface area contributed by atoms with Crippen molar-refractivity contribution in [2.45, 2.75) is 6.92 Å². The lowest BCUT2D eigenvalue weighted by Crippen LogP contribution is -2.18. The molecule has 0 aliphatic heterocycles. The Morgan fingerprint density at radius 2 is 2.00 bits per heavy atom. The molecule has 0 fully saturated rings. The lowest BCUT2D eigenvalue weighted by Gasteiger charge is -2.09. The quantitative estimate of drug-likeness (QED) is 0.686. The predicted molar refractivity (Wildman–Crippen MR) is 83.9 cm³/mol. The number of carbonyl (C=O) groups excluding carboxylic acids is 2. The van der Waals surface area contributed by atoms with Crippen molar-refractivity contribution in [2.24, 2.45) is 5.73 Å².